The highest BCUT2D eigenvalue weighted by molar-refractivity contribution is 7.80. The van der Waals surface area contributed by atoms with Crippen LogP contribution in [0.4, 0.5) is 0 Å². The highest BCUT2D eigenvalue weighted by atomic mass is 32.1. The summed E-state index contributed by atoms with van der Waals surface area (Å²) < 4.78 is 5.12. The van der Waals surface area contributed by atoms with Crippen molar-refractivity contribution in [2.45, 2.75) is 13.5 Å². The van der Waals surface area contributed by atoms with E-state index in [9.17, 15) is 0 Å². The smallest absolute Gasteiger partial charge is 0.187 e. The van der Waals surface area contributed by atoms with Gasteiger partial charge in [-0.25, -0.2) is 0 Å². The molecule has 2 aromatic carbocycles. The molecule has 4 nitrogen and oxygen atoms in total. The maximum absolute atomic E-state index is 5.18. The molecule has 2 rings (SSSR count). The minimum Gasteiger partial charge on any atom is -0.497 e. The number of hydrazone groups is 1. The molecule has 0 saturated heterocycles. The third-order valence-corrected chi connectivity index (χ3v) is 3.27. The summed E-state index contributed by atoms with van der Waals surface area (Å²) in [4.78, 5) is 0. The zero-order valence-corrected chi connectivity index (χ0v) is 13.5. The minimum atomic E-state index is 0.486. The molecule has 0 aliphatic heterocycles. The van der Waals surface area contributed by atoms with Crippen molar-refractivity contribution in [2.24, 2.45) is 5.10 Å². The van der Waals surface area contributed by atoms with Gasteiger partial charge in [0.2, 0.25) is 0 Å². The summed E-state index contributed by atoms with van der Waals surface area (Å²) in [6.45, 7) is 2.68. The van der Waals surface area contributed by atoms with Crippen LogP contribution in [0.2, 0.25) is 0 Å². The lowest BCUT2D eigenvalue weighted by Gasteiger charge is -2.07. The van der Waals surface area contributed by atoms with E-state index >= 15 is 0 Å². The average Bonchev–Trinajstić information content (AvgIpc) is 2.53. The molecule has 0 spiro atoms. The molecule has 2 N–H and O–H groups in total. The van der Waals surface area contributed by atoms with E-state index in [1.165, 1.54) is 5.56 Å². The molecule has 0 fully saturated rings. The van der Waals surface area contributed by atoms with Crippen molar-refractivity contribution in [2.75, 3.05) is 7.11 Å². The lowest BCUT2D eigenvalue weighted by Crippen LogP contribution is -2.31. The molecule has 0 aliphatic rings. The normalized spacial score (nSPS) is 10.5. The van der Waals surface area contributed by atoms with Crippen LogP contribution in [0, 0.1) is 6.92 Å². The van der Waals surface area contributed by atoms with Gasteiger partial charge in [0.15, 0.2) is 5.11 Å². The number of benzene rings is 2. The van der Waals surface area contributed by atoms with Gasteiger partial charge < -0.3 is 10.1 Å². The Morgan fingerprint density at radius 1 is 1.23 bits per heavy atom. The lowest BCUT2D eigenvalue weighted by molar-refractivity contribution is 0.414. The molecular formula is C17H19N3OS. The van der Waals surface area contributed by atoms with Gasteiger partial charge in [0.25, 0.3) is 0 Å². The van der Waals surface area contributed by atoms with Crippen molar-refractivity contribution >= 4 is 23.5 Å². The molecular weight excluding hydrogens is 294 g/mol. The van der Waals surface area contributed by atoms with Gasteiger partial charge in [0.1, 0.15) is 5.75 Å². The van der Waals surface area contributed by atoms with Crippen molar-refractivity contribution in [1.29, 1.82) is 0 Å². The van der Waals surface area contributed by atoms with Crippen LogP contribution in [-0.2, 0) is 6.54 Å². The van der Waals surface area contributed by atoms with Gasteiger partial charge in [0.05, 0.1) is 13.3 Å². The molecule has 0 saturated carbocycles. The van der Waals surface area contributed by atoms with Gasteiger partial charge in [0, 0.05) is 6.54 Å². The van der Waals surface area contributed by atoms with E-state index in [-0.39, 0.29) is 0 Å². The van der Waals surface area contributed by atoms with E-state index in [1.807, 2.05) is 49.4 Å². The Balaban J connectivity index is 1.77. The lowest BCUT2D eigenvalue weighted by atomic mass is 10.2. The summed E-state index contributed by atoms with van der Waals surface area (Å²) in [5.41, 5.74) is 6.16. The van der Waals surface area contributed by atoms with Crippen molar-refractivity contribution in [3.8, 4) is 5.75 Å². The standard InChI is InChI=1S/C17H19N3OS/c1-13-4-3-5-15(10-13)12-19-20-17(22)18-11-14-6-8-16(21-2)9-7-14/h3-10,12H,11H2,1-2H3,(H2,18,20,22)/b19-12-. The topological polar surface area (TPSA) is 45.6 Å². The van der Waals surface area contributed by atoms with Gasteiger partial charge in [-0.2, -0.15) is 5.10 Å². The molecule has 0 amide bonds. The zero-order valence-electron chi connectivity index (χ0n) is 12.7. The minimum absolute atomic E-state index is 0.486. The highest BCUT2D eigenvalue weighted by Gasteiger charge is 1.96. The largest absolute Gasteiger partial charge is 0.497 e. The molecule has 22 heavy (non-hydrogen) atoms. The molecule has 2 aromatic rings. The number of hydrogen-bond donors (Lipinski definition) is 2. The first-order valence-corrected chi connectivity index (χ1v) is 7.35. The van der Waals surface area contributed by atoms with Crippen LogP contribution < -0.4 is 15.5 Å². The summed E-state index contributed by atoms with van der Waals surface area (Å²) in [7, 11) is 1.65. The number of nitrogens with one attached hydrogen (secondary N) is 2. The van der Waals surface area contributed by atoms with Gasteiger partial charge in [-0.3, -0.25) is 5.43 Å². The molecule has 0 aromatic heterocycles. The Morgan fingerprint density at radius 2 is 2.00 bits per heavy atom. The first kappa shape index (κ1) is 16.0. The summed E-state index contributed by atoms with van der Waals surface area (Å²) in [6, 6.07) is 15.9. The predicted octanol–water partition coefficient (Wildman–Crippen LogP) is 3.00. The Morgan fingerprint density at radius 3 is 2.68 bits per heavy atom. The van der Waals surface area contributed by atoms with Crippen molar-refractivity contribution < 1.29 is 4.74 Å². The van der Waals surface area contributed by atoms with Crippen molar-refractivity contribution in [3.63, 3.8) is 0 Å². The second kappa shape index (κ2) is 8.14. The molecule has 0 unspecified atom stereocenters. The van der Waals surface area contributed by atoms with E-state index in [2.05, 4.69) is 21.9 Å². The van der Waals surface area contributed by atoms with E-state index in [1.54, 1.807) is 13.3 Å². The van der Waals surface area contributed by atoms with Crippen LogP contribution in [0.1, 0.15) is 16.7 Å². The van der Waals surface area contributed by atoms with Crippen LogP contribution >= 0.6 is 12.2 Å². The van der Waals surface area contributed by atoms with Gasteiger partial charge in [-0.15, -0.1) is 0 Å². The number of methoxy groups -OCH3 is 1. The van der Waals surface area contributed by atoms with Gasteiger partial charge in [-0.1, -0.05) is 42.0 Å². The first-order chi connectivity index (χ1) is 10.7. The zero-order chi connectivity index (χ0) is 15.8. The maximum Gasteiger partial charge on any atom is 0.187 e. The second-order valence-electron chi connectivity index (χ2n) is 4.81. The summed E-state index contributed by atoms with van der Waals surface area (Å²) in [5, 5.41) is 7.71. The number of rotatable bonds is 5. The number of ether oxygens (including phenoxy) is 1. The Bertz CT molecular complexity index is 653. The molecule has 0 aliphatic carbocycles. The first-order valence-electron chi connectivity index (χ1n) is 6.94. The number of nitrogens with zero attached hydrogens (tertiary/aromatic N) is 1. The van der Waals surface area contributed by atoms with Crippen LogP contribution in [0.25, 0.3) is 0 Å². The number of hydrogen-bond acceptors (Lipinski definition) is 3. The second-order valence-corrected chi connectivity index (χ2v) is 5.22. The molecule has 0 radical (unpaired) electrons. The van der Waals surface area contributed by atoms with E-state index in [0.29, 0.717) is 11.7 Å². The molecule has 0 heterocycles. The van der Waals surface area contributed by atoms with Gasteiger partial charge in [-0.05, 0) is 42.4 Å². The highest BCUT2D eigenvalue weighted by Crippen LogP contribution is 2.10. The molecule has 5 heteroatoms. The summed E-state index contributed by atoms with van der Waals surface area (Å²) >= 11 is 5.18. The maximum atomic E-state index is 5.18. The Hall–Kier alpha value is -2.40. The van der Waals surface area contributed by atoms with E-state index in [0.717, 1.165) is 16.9 Å². The number of thiocarbonyl (C=S) groups is 1. The monoisotopic (exact) mass is 313 g/mol. The summed E-state index contributed by atoms with van der Waals surface area (Å²) in [5.74, 6) is 0.840. The molecule has 0 atom stereocenters. The predicted molar refractivity (Wildman–Crippen MR) is 94.3 cm³/mol. The van der Waals surface area contributed by atoms with E-state index in [4.69, 9.17) is 17.0 Å². The Kier molecular flexibility index (Phi) is 5.91. The van der Waals surface area contributed by atoms with Crippen LogP contribution in [-0.4, -0.2) is 18.4 Å². The SMILES string of the molecule is COc1ccc(CNC(=S)N/N=C\c2cccc(C)c2)cc1. The Labute approximate surface area is 136 Å². The number of aryl methyl sites for hydroxylation is 1. The van der Waals surface area contributed by atoms with Gasteiger partial charge >= 0.3 is 0 Å². The average molecular weight is 313 g/mol. The summed E-state index contributed by atoms with van der Waals surface area (Å²) in [6.07, 6.45) is 1.74. The quantitative estimate of drug-likeness (QED) is 0.506. The fraction of sp³-hybridized carbons (Fsp3) is 0.176. The van der Waals surface area contributed by atoms with Crippen LogP contribution in [0.5, 0.6) is 5.75 Å². The van der Waals surface area contributed by atoms with Crippen LogP contribution in [0.3, 0.4) is 0 Å². The van der Waals surface area contributed by atoms with E-state index < -0.39 is 0 Å². The molecule has 114 valence electrons. The third kappa shape index (κ3) is 5.18. The van der Waals surface area contributed by atoms with Crippen molar-refractivity contribution in [3.05, 3.63) is 65.2 Å². The third-order valence-electron chi connectivity index (χ3n) is 3.03. The van der Waals surface area contributed by atoms with Crippen LogP contribution in [0.15, 0.2) is 53.6 Å². The molecule has 0 bridgehead atoms. The van der Waals surface area contributed by atoms with Crippen molar-refractivity contribution in [1.82, 2.24) is 10.7 Å². The fourth-order valence-electron chi connectivity index (χ4n) is 1.88. The fourth-order valence-corrected chi connectivity index (χ4v) is 2.01.